The Labute approximate surface area is 168 Å². The first-order chi connectivity index (χ1) is 13.7. The average molecular weight is 404 g/mol. The summed E-state index contributed by atoms with van der Waals surface area (Å²) in [5, 5.41) is 36.1. The lowest BCUT2D eigenvalue weighted by molar-refractivity contribution is -0.146. The second kappa shape index (κ2) is 9.62. The Morgan fingerprint density at radius 1 is 0.759 bits per heavy atom. The zero-order valence-corrected chi connectivity index (χ0v) is 16.1. The van der Waals surface area contributed by atoms with Gasteiger partial charge < -0.3 is 29.9 Å². The van der Waals surface area contributed by atoms with Crippen molar-refractivity contribution in [2.24, 2.45) is 0 Å². The van der Waals surface area contributed by atoms with Crippen LogP contribution >= 0.6 is 0 Å². The lowest BCUT2D eigenvalue weighted by Crippen LogP contribution is -2.29. The van der Waals surface area contributed by atoms with E-state index in [2.05, 4.69) is 0 Å². The van der Waals surface area contributed by atoms with Gasteiger partial charge in [0.2, 0.25) is 0 Å². The Morgan fingerprint density at radius 2 is 1.07 bits per heavy atom. The van der Waals surface area contributed by atoms with Gasteiger partial charge in [0.15, 0.2) is 12.2 Å². The van der Waals surface area contributed by atoms with Crippen molar-refractivity contribution in [3.63, 3.8) is 0 Å². The number of aliphatic hydroxyl groups excluding tert-OH is 4. The Morgan fingerprint density at radius 3 is 1.34 bits per heavy atom. The molecule has 2 unspecified atom stereocenters. The summed E-state index contributed by atoms with van der Waals surface area (Å²) >= 11 is 0. The zero-order chi connectivity index (χ0) is 21.6. The molecule has 0 amide bonds. The predicted molar refractivity (Wildman–Crippen MR) is 102 cm³/mol. The van der Waals surface area contributed by atoms with E-state index in [9.17, 15) is 19.8 Å². The molecule has 0 aliphatic heterocycles. The molecule has 0 aliphatic rings. The molecule has 0 aromatic heterocycles. The number of rotatable bonds is 8. The van der Waals surface area contributed by atoms with Crippen LogP contribution in [0, 0.1) is 0 Å². The Balaban J connectivity index is 2.11. The van der Waals surface area contributed by atoms with Crippen LogP contribution in [0.2, 0.25) is 0 Å². The lowest BCUT2D eigenvalue weighted by atomic mass is 9.78. The van der Waals surface area contributed by atoms with Crippen molar-refractivity contribution in [1.29, 1.82) is 0 Å². The number of hydrogen-bond donors (Lipinski definition) is 4. The van der Waals surface area contributed by atoms with Crippen LogP contribution in [0.15, 0.2) is 48.5 Å². The highest BCUT2D eigenvalue weighted by Gasteiger charge is 2.24. The third kappa shape index (κ3) is 5.61. The molecule has 2 rings (SSSR count). The van der Waals surface area contributed by atoms with E-state index in [-0.39, 0.29) is 11.5 Å². The maximum atomic E-state index is 11.5. The van der Waals surface area contributed by atoms with Crippen molar-refractivity contribution >= 4 is 11.9 Å². The molecule has 0 saturated carbocycles. The van der Waals surface area contributed by atoms with Crippen molar-refractivity contribution in [1.82, 2.24) is 0 Å². The SMILES string of the molecule is CC(C)(c1ccc(OC(=O)C(O)CO)cc1)c1ccc(OC(=O)C(O)CO)cc1. The van der Waals surface area contributed by atoms with Gasteiger partial charge in [0, 0.05) is 5.41 Å². The molecule has 156 valence electrons. The summed E-state index contributed by atoms with van der Waals surface area (Å²) in [6.07, 6.45) is -3.17. The highest BCUT2D eigenvalue weighted by atomic mass is 16.6. The van der Waals surface area contributed by atoms with Crippen LogP contribution in [0.5, 0.6) is 11.5 Å². The van der Waals surface area contributed by atoms with E-state index >= 15 is 0 Å². The van der Waals surface area contributed by atoms with Gasteiger partial charge >= 0.3 is 11.9 Å². The van der Waals surface area contributed by atoms with E-state index in [1.54, 1.807) is 48.5 Å². The molecule has 8 nitrogen and oxygen atoms in total. The molecule has 0 spiro atoms. The minimum Gasteiger partial charge on any atom is -0.425 e. The number of carbonyl (C=O) groups excluding carboxylic acids is 2. The first kappa shape index (κ1) is 22.5. The minimum absolute atomic E-state index is 0.242. The fourth-order valence-electron chi connectivity index (χ4n) is 2.56. The molecule has 2 aromatic carbocycles. The molecular weight excluding hydrogens is 380 g/mol. The third-order valence-electron chi connectivity index (χ3n) is 4.48. The molecule has 4 N–H and O–H groups in total. The van der Waals surface area contributed by atoms with Gasteiger partial charge in [0.25, 0.3) is 0 Å². The number of carbonyl (C=O) groups is 2. The lowest BCUT2D eigenvalue weighted by Gasteiger charge is -2.26. The largest absolute Gasteiger partial charge is 0.425 e. The molecule has 0 radical (unpaired) electrons. The second-order valence-electron chi connectivity index (χ2n) is 6.91. The molecular formula is C21H24O8. The molecule has 0 bridgehead atoms. The second-order valence-corrected chi connectivity index (χ2v) is 6.91. The Bertz CT molecular complexity index is 757. The van der Waals surface area contributed by atoms with Gasteiger partial charge in [-0.2, -0.15) is 0 Å². The van der Waals surface area contributed by atoms with Crippen molar-refractivity contribution in [3.05, 3.63) is 59.7 Å². The molecule has 0 heterocycles. The van der Waals surface area contributed by atoms with Crippen LogP contribution in [-0.2, 0) is 15.0 Å². The molecule has 2 atom stereocenters. The van der Waals surface area contributed by atoms with Gasteiger partial charge in [0.1, 0.15) is 11.5 Å². The van der Waals surface area contributed by atoms with Gasteiger partial charge in [-0.1, -0.05) is 38.1 Å². The smallest absolute Gasteiger partial charge is 0.342 e. The maximum Gasteiger partial charge on any atom is 0.342 e. The summed E-state index contributed by atoms with van der Waals surface area (Å²) in [5.74, 6) is -1.38. The zero-order valence-electron chi connectivity index (χ0n) is 16.1. The first-order valence-electron chi connectivity index (χ1n) is 8.91. The van der Waals surface area contributed by atoms with Gasteiger partial charge in [-0.15, -0.1) is 0 Å². The van der Waals surface area contributed by atoms with E-state index in [0.717, 1.165) is 11.1 Å². The quantitative estimate of drug-likeness (QED) is 0.370. The number of esters is 2. The predicted octanol–water partition coefficient (Wildman–Crippen LogP) is 0.530. The summed E-state index contributed by atoms with van der Waals surface area (Å²) in [4.78, 5) is 23.0. The fourth-order valence-corrected chi connectivity index (χ4v) is 2.56. The van der Waals surface area contributed by atoms with Crippen molar-refractivity contribution in [2.45, 2.75) is 31.5 Å². The van der Waals surface area contributed by atoms with Gasteiger partial charge in [-0.05, 0) is 35.4 Å². The highest BCUT2D eigenvalue weighted by molar-refractivity contribution is 5.77. The van der Waals surface area contributed by atoms with Gasteiger partial charge in [0.05, 0.1) is 13.2 Å². The summed E-state index contributed by atoms with van der Waals surface area (Å²) < 4.78 is 9.97. The first-order valence-corrected chi connectivity index (χ1v) is 8.91. The topological polar surface area (TPSA) is 134 Å². The number of hydrogen-bond acceptors (Lipinski definition) is 8. The highest BCUT2D eigenvalue weighted by Crippen LogP contribution is 2.33. The standard InChI is InChI=1S/C21H24O8/c1-21(2,13-3-7-15(8-4-13)28-19(26)17(24)11-22)14-5-9-16(10-6-14)29-20(27)18(25)12-23/h3-10,17-18,22-25H,11-12H2,1-2H3. The molecule has 0 aliphatic carbocycles. The molecule has 2 aromatic rings. The monoisotopic (exact) mass is 404 g/mol. The van der Waals surface area contributed by atoms with Crippen LogP contribution in [0.1, 0.15) is 25.0 Å². The Kier molecular flexibility index (Phi) is 7.46. The van der Waals surface area contributed by atoms with Crippen LogP contribution in [0.4, 0.5) is 0 Å². The van der Waals surface area contributed by atoms with Crippen LogP contribution in [-0.4, -0.2) is 57.8 Å². The molecule has 0 saturated heterocycles. The summed E-state index contributed by atoms with van der Waals surface area (Å²) in [6, 6.07) is 13.5. The van der Waals surface area contributed by atoms with E-state index in [0.29, 0.717) is 0 Å². The normalized spacial score (nSPS) is 13.4. The van der Waals surface area contributed by atoms with Crippen LogP contribution in [0.3, 0.4) is 0 Å². The summed E-state index contributed by atoms with van der Waals surface area (Å²) in [6.45, 7) is 2.54. The van der Waals surface area contributed by atoms with Crippen molar-refractivity contribution in [3.8, 4) is 11.5 Å². The van der Waals surface area contributed by atoms with E-state index < -0.39 is 42.8 Å². The summed E-state index contributed by atoms with van der Waals surface area (Å²) in [7, 11) is 0. The number of aliphatic hydroxyl groups is 4. The number of benzene rings is 2. The Hall–Kier alpha value is -2.78. The van der Waals surface area contributed by atoms with E-state index in [1.807, 2.05) is 13.8 Å². The van der Waals surface area contributed by atoms with Crippen molar-refractivity contribution in [2.75, 3.05) is 13.2 Å². The van der Waals surface area contributed by atoms with Gasteiger partial charge in [-0.25, -0.2) is 9.59 Å². The van der Waals surface area contributed by atoms with Crippen LogP contribution < -0.4 is 9.47 Å². The minimum atomic E-state index is -1.59. The van der Waals surface area contributed by atoms with E-state index in [1.165, 1.54) is 0 Å². The number of ether oxygens (including phenoxy) is 2. The van der Waals surface area contributed by atoms with Crippen molar-refractivity contribution < 1.29 is 39.5 Å². The van der Waals surface area contributed by atoms with Crippen LogP contribution in [0.25, 0.3) is 0 Å². The third-order valence-corrected chi connectivity index (χ3v) is 4.48. The fraction of sp³-hybridized carbons (Fsp3) is 0.333. The molecule has 29 heavy (non-hydrogen) atoms. The average Bonchev–Trinajstić information content (AvgIpc) is 2.73. The summed E-state index contributed by atoms with van der Waals surface area (Å²) in [5.41, 5.74) is 1.40. The van der Waals surface area contributed by atoms with Gasteiger partial charge in [-0.3, -0.25) is 0 Å². The molecule has 0 fully saturated rings. The van der Waals surface area contributed by atoms with E-state index in [4.69, 9.17) is 19.7 Å². The maximum absolute atomic E-state index is 11.5. The molecule has 8 heteroatoms.